The van der Waals surface area contributed by atoms with E-state index in [1.54, 1.807) is 0 Å². The first-order valence-electron chi connectivity index (χ1n) is 5.80. The van der Waals surface area contributed by atoms with Gasteiger partial charge in [0, 0.05) is 17.0 Å². The molecule has 0 N–H and O–H groups in total. The molecule has 94 valence electrons. The van der Waals surface area contributed by atoms with Gasteiger partial charge in [0.05, 0.1) is 6.61 Å². The molecule has 2 heterocycles. The first-order chi connectivity index (χ1) is 8.65. The Morgan fingerprint density at radius 3 is 2.83 bits per heavy atom. The molecule has 2 nitrogen and oxygen atoms in total. The summed E-state index contributed by atoms with van der Waals surface area (Å²) in [6, 6.07) is 7.57. The largest absolute Gasteiger partial charge is 0.493 e. The summed E-state index contributed by atoms with van der Waals surface area (Å²) in [5.41, 5.74) is 2.00. The van der Waals surface area contributed by atoms with Crippen molar-refractivity contribution in [2.24, 2.45) is 0 Å². The van der Waals surface area contributed by atoms with Gasteiger partial charge in [-0.05, 0) is 36.8 Å². The molecule has 0 fully saturated rings. The average Bonchev–Trinajstić information content (AvgIpc) is 2.95. The number of benzene rings is 1. The van der Waals surface area contributed by atoms with Gasteiger partial charge in [0.2, 0.25) is 0 Å². The third-order valence-corrected chi connectivity index (χ3v) is 3.73. The van der Waals surface area contributed by atoms with Crippen LogP contribution in [0.25, 0.3) is 0 Å². The molecule has 18 heavy (non-hydrogen) atoms. The van der Waals surface area contributed by atoms with Crippen LogP contribution in [0, 0.1) is 6.92 Å². The molecule has 0 spiro atoms. The lowest BCUT2D eigenvalue weighted by atomic mass is 10.0. The van der Waals surface area contributed by atoms with Crippen molar-refractivity contribution in [3.05, 3.63) is 51.9 Å². The maximum atomic E-state index is 6.47. The van der Waals surface area contributed by atoms with Crippen molar-refractivity contribution >= 4 is 23.2 Å². The quantitative estimate of drug-likeness (QED) is 0.757. The number of ether oxygens (including phenoxy) is 1. The van der Waals surface area contributed by atoms with E-state index in [-0.39, 0.29) is 5.38 Å². The highest BCUT2D eigenvalue weighted by molar-refractivity contribution is 6.31. The number of furan rings is 1. The first-order valence-corrected chi connectivity index (χ1v) is 6.62. The van der Waals surface area contributed by atoms with E-state index in [0.29, 0.717) is 17.4 Å². The van der Waals surface area contributed by atoms with Crippen LogP contribution < -0.4 is 4.74 Å². The Bertz CT molecular complexity index is 589. The van der Waals surface area contributed by atoms with Gasteiger partial charge in [-0.1, -0.05) is 11.6 Å². The minimum atomic E-state index is -0.371. The molecular weight excluding hydrogens is 271 g/mol. The molecule has 1 atom stereocenters. The predicted octanol–water partition coefficient (Wildman–Crippen LogP) is 4.50. The zero-order chi connectivity index (χ0) is 12.7. The lowest BCUT2D eigenvalue weighted by Crippen LogP contribution is -1.96. The van der Waals surface area contributed by atoms with Crippen LogP contribution in [0.3, 0.4) is 0 Å². The summed E-state index contributed by atoms with van der Waals surface area (Å²) in [5, 5.41) is 0.312. The fraction of sp³-hybridized carbons (Fsp3) is 0.286. The topological polar surface area (TPSA) is 22.4 Å². The lowest BCUT2D eigenvalue weighted by molar-refractivity contribution is 0.352. The highest BCUT2D eigenvalue weighted by Crippen LogP contribution is 2.41. The monoisotopic (exact) mass is 282 g/mol. The number of hydrogen-bond donors (Lipinski definition) is 0. The maximum absolute atomic E-state index is 6.47. The molecule has 0 aliphatic carbocycles. The fourth-order valence-corrected chi connectivity index (χ4v) is 2.76. The SMILES string of the molecule is Cc1ccc(C(Cl)c2cc(Cl)cc3c2OCC3)o1. The van der Waals surface area contributed by atoms with Gasteiger partial charge in [-0.3, -0.25) is 0 Å². The van der Waals surface area contributed by atoms with Crippen molar-refractivity contribution in [1.82, 2.24) is 0 Å². The normalized spacial score (nSPS) is 15.3. The molecule has 0 saturated heterocycles. The number of fused-ring (bicyclic) bond motifs is 1. The summed E-state index contributed by atoms with van der Waals surface area (Å²) in [7, 11) is 0. The van der Waals surface area contributed by atoms with E-state index in [0.717, 1.165) is 29.1 Å². The third-order valence-electron chi connectivity index (χ3n) is 3.06. The second-order valence-corrected chi connectivity index (χ2v) is 5.27. The summed E-state index contributed by atoms with van der Waals surface area (Å²) in [5.74, 6) is 2.41. The van der Waals surface area contributed by atoms with Crippen LogP contribution >= 0.6 is 23.2 Å². The molecule has 0 bridgehead atoms. The Hall–Kier alpha value is -1.12. The van der Waals surface area contributed by atoms with Gasteiger partial charge < -0.3 is 9.15 Å². The Morgan fingerprint density at radius 1 is 1.28 bits per heavy atom. The number of hydrogen-bond acceptors (Lipinski definition) is 2. The molecule has 1 aliphatic rings. The van der Waals surface area contributed by atoms with Gasteiger partial charge >= 0.3 is 0 Å². The molecule has 3 rings (SSSR count). The highest BCUT2D eigenvalue weighted by Gasteiger charge is 2.24. The van der Waals surface area contributed by atoms with Crippen LogP contribution in [0.5, 0.6) is 5.75 Å². The number of aryl methyl sites for hydroxylation is 1. The van der Waals surface area contributed by atoms with Gasteiger partial charge in [0.1, 0.15) is 22.6 Å². The van der Waals surface area contributed by atoms with Crippen LogP contribution in [0.1, 0.15) is 28.0 Å². The third kappa shape index (κ3) is 2.00. The van der Waals surface area contributed by atoms with E-state index < -0.39 is 0 Å². The molecule has 0 saturated carbocycles. The molecular formula is C14H12Cl2O2. The minimum absolute atomic E-state index is 0.371. The van der Waals surface area contributed by atoms with E-state index >= 15 is 0 Å². The van der Waals surface area contributed by atoms with E-state index in [2.05, 4.69) is 0 Å². The maximum Gasteiger partial charge on any atom is 0.127 e. The Morgan fingerprint density at radius 2 is 2.11 bits per heavy atom. The van der Waals surface area contributed by atoms with Gasteiger partial charge in [-0.2, -0.15) is 0 Å². The van der Waals surface area contributed by atoms with Gasteiger partial charge in [0.25, 0.3) is 0 Å². The molecule has 0 amide bonds. The standard InChI is InChI=1S/C14H12Cl2O2/c1-8-2-3-12(18-8)13(16)11-7-10(15)6-9-4-5-17-14(9)11/h2-3,6-7,13H,4-5H2,1H3. The zero-order valence-electron chi connectivity index (χ0n) is 9.87. The van der Waals surface area contributed by atoms with Crippen molar-refractivity contribution in [1.29, 1.82) is 0 Å². The minimum Gasteiger partial charge on any atom is -0.493 e. The average molecular weight is 283 g/mol. The highest BCUT2D eigenvalue weighted by atomic mass is 35.5. The summed E-state index contributed by atoms with van der Waals surface area (Å²) in [6.07, 6.45) is 0.879. The molecule has 1 aromatic carbocycles. The van der Waals surface area contributed by atoms with Crippen molar-refractivity contribution in [3.63, 3.8) is 0 Å². The summed E-state index contributed by atoms with van der Waals surface area (Å²) in [4.78, 5) is 0. The molecule has 1 aromatic heterocycles. The van der Waals surface area contributed by atoms with Gasteiger partial charge in [-0.25, -0.2) is 0 Å². The van der Waals surface area contributed by atoms with Crippen molar-refractivity contribution < 1.29 is 9.15 Å². The second kappa shape index (κ2) is 4.52. The van der Waals surface area contributed by atoms with Crippen LogP contribution in [-0.4, -0.2) is 6.61 Å². The van der Waals surface area contributed by atoms with Crippen molar-refractivity contribution in [3.8, 4) is 5.75 Å². The Labute approximate surface area is 115 Å². The van der Waals surface area contributed by atoms with E-state index in [1.807, 2.05) is 31.2 Å². The van der Waals surface area contributed by atoms with Gasteiger partial charge in [-0.15, -0.1) is 11.6 Å². The summed E-state index contributed by atoms with van der Waals surface area (Å²) >= 11 is 12.6. The van der Waals surface area contributed by atoms with Crippen LogP contribution in [0.2, 0.25) is 5.02 Å². The summed E-state index contributed by atoms with van der Waals surface area (Å²) < 4.78 is 11.2. The van der Waals surface area contributed by atoms with Crippen LogP contribution in [0.4, 0.5) is 0 Å². The molecule has 1 unspecified atom stereocenters. The van der Waals surface area contributed by atoms with E-state index in [9.17, 15) is 0 Å². The zero-order valence-corrected chi connectivity index (χ0v) is 11.4. The number of rotatable bonds is 2. The van der Waals surface area contributed by atoms with Gasteiger partial charge in [0.15, 0.2) is 0 Å². The fourth-order valence-electron chi connectivity index (χ4n) is 2.23. The Kier molecular flexibility index (Phi) is 3.00. The molecule has 4 heteroatoms. The molecule has 1 aliphatic heterocycles. The van der Waals surface area contributed by atoms with Crippen molar-refractivity contribution in [2.75, 3.05) is 6.61 Å². The Balaban J connectivity index is 2.06. The predicted molar refractivity (Wildman–Crippen MR) is 71.8 cm³/mol. The van der Waals surface area contributed by atoms with Crippen LogP contribution in [-0.2, 0) is 6.42 Å². The second-order valence-electron chi connectivity index (χ2n) is 4.39. The lowest BCUT2D eigenvalue weighted by Gasteiger charge is -2.12. The van der Waals surface area contributed by atoms with E-state index in [1.165, 1.54) is 0 Å². The number of alkyl halides is 1. The first kappa shape index (κ1) is 11.9. The van der Waals surface area contributed by atoms with E-state index in [4.69, 9.17) is 32.4 Å². The smallest absolute Gasteiger partial charge is 0.127 e. The summed E-state index contributed by atoms with van der Waals surface area (Å²) in [6.45, 7) is 2.58. The number of halogens is 2. The molecule has 2 aromatic rings. The van der Waals surface area contributed by atoms with Crippen LogP contribution in [0.15, 0.2) is 28.7 Å². The van der Waals surface area contributed by atoms with Crippen molar-refractivity contribution in [2.45, 2.75) is 18.7 Å². The molecule has 0 radical (unpaired) electrons.